The lowest BCUT2D eigenvalue weighted by Crippen LogP contribution is -2.27. The molecule has 2 rings (SSSR count). The number of aliphatic hydroxyl groups excluding tert-OH is 1. The smallest absolute Gasteiger partial charge is 0.251 e. The fourth-order valence-corrected chi connectivity index (χ4v) is 2.88. The number of anilines is 1. The van der Waals surface area contributed by atoms with Crippen molar-refractivity contribution in [2.45, 2.75) is 19.9 Å². The standard InChI is InChI=1S/C16H20N2O2S/c1-11-13(16(20)17-8-9-19)5-3-6-14(11)18-12(2)15-7-4-10-21-15/h3-7,10,12,18-19H,8-9H2,1-2H3,(H,17,20). The second-order valence-electron chi connectivity index (χ2n) is 4.84. The highest BCUT2D eigenvalue weighted by molar-refractivity contribution is 7.10. The molecule has 0 radical (unpaired) electrons. The normalized spacial score (nSPS) is 12.0. The number of benzene rings is 1. The highest BCUT2D eigenvalue weighted by atomic mass is 32.1. The first kappa shape index (κ1) is 15.5. The summed E-state index contributed by atoms with van der Waals surface area (Å²) in [7, 11) is 0. The molecule has 1 atom stereocenters. The van der Waals surface area contributed by atoms with E-state index in [1.165, 1.54) is 4.88 Å². The van der Waals surface area contributed by atoms with Crippen LogP contribution in [0.15, 0.2) is 35.7 Å². The Morgan fingerprint density at radius 2 is 2.14 bits per heavy atom. The molecule has 1 amide bonds. The monoisotopic (exact) mass is 304 g/mol. The maximum Gasteiger partial charge on any atom is 0.251 e. The van der Waals surface area contributed by atoms with Crippen molar-refractivity contribution in [2.75, 3.05) is 18.5 Å². The summed E-state index contributed by atoms with van der Waals surface area (Å²) in [5, 5.41) is 17.0. The topological polar surface area (TPSA) is 61.4 Å². The van der Waals surface area contributed by atoms with Crippen molar-refractivity contribution in [1.29, 1.82) is 0 Å². The van der Waals surface area contributed by atoms with Crippen molar-refractivity contribution in [1.82, 2.24) is 5.32 Å². The predicted octanol–water partition coefficient (Wildman–Crippen LogP) is 2.95. The number of carbonyl (C=O) groups excluding carboxylic acids is 1. The van der Waals surface area contributed by atoms with Gasteiger partial charge in [-0.1, -0.05) is 12.1 Å². The van der Waals surface area contributed by atoms with Crippen LogP contribution in [0.5, 0.6) is 0 Å². The van der Waals surface area contributed by atoms with E-state index in [0.717, 1.165) is 11.3 Å². The Morgan fingerprint density at radius 3 is 2.81 bits per heavy atom. The van der Waals surface area contributed by atoms with Crippen molar-refractivity contribution < 1.29 is 9.90 Å². The molecule has 0 aliphatic heterocycles. The summed E-state index contributed by atoms with van der Waals surface area (Å²) >= 11 is 1.71. The van der Waals surface area contributed by atoms with E-state index < -0.39 is 0 Å². The maximum atomic E-state index is 12.0. The van der Waals surface area contributed by atoms with Gasteiger partial charge in [0.25, 0.3) is 5.91 Å². The van der Waals surface area contributed by atoms with Gasteiger partial charge in [0.05, 0.1) is 12.6 Å². The summed E-state index contributed by atoms with van der Waals surface area (Å²) in [4.78, 5) is 13.3. The quantitative estimate of drug-likeness (QED) is 0.769. The molecule has 0 spiro atoms. The third kappa shape index (κ3) is 3.83. The molecule has 0 saturated heterocycles. The molecule has 0 fully saturated rings. The number of amides is 1. The summed E-state index contributed by atoms with van der Waals surface area (Å²) in [5.74, 6) is -0.158. The van der Waals surface area contributed by atoms with Gasteiger partial charge in [-0.05, 0) is 43.0 Å². The van der Waals surface area contributed by atoms with Gasteiger partial charge in [-0.2, -0.15) is 0 Å². The average Bonchev–Trinajstić information content (AvgIpc) is 3.01. The molecule has 112 valence electrons. The summed E-state index contributed by atoms with van der Waals surface area (Å²) in [6.45, 7) is 4.24. The molecule has 0 bridgehead atoms. The Balaban J connectivity index is 2.15. The minimum absolute atomic E-state index is 0.0574. The Hall–Kier alpha value is -1.85. The minimum Gasteiger partial charge on any atom is -0.395 e. The van der Waals surface area contributed by atoms with Crippen LogP contribution in [0.25, 0.3) is 0 Å². The van der Waals surface area contributed by atoms with Crippen LogP contribution in [0.1, 0.15) is 33.8 Å². The van der Waals surface area contributed by atoms with Gasteiger partial charge >= 0.3 is 0 Å². The molecular weight excluding hydrogens is 284 g/mol. The molecular formula is C16H20N2O2S. The zero-order valence-electron chi connectivity index (χ0n) is 12.2. The van der Waals surface area contributed by atoms with Gasteiger partial charge in [0, 0.05) is 22.7 Å². The highest BCUT2D eigenvalue weighted by Crippen LogP contribution is 2.26. The van der Waals surface area contributed by atoms with Crippen LogP contribution in [0.2, 0.25) is 0 Å². The Bertz CT molecular complexity index is 596. The van der Waals surface area contributed by atoms with E-state index in [1.807, 2.05) is 25.1 Å². The maximum absolute atomic E-state index is 12.0. The summed E-state index contributed by atoms with van der Waals surface area (Å²) in [6.07, 6.45) is 0. The van der Waals surface area contributed by atoms with Crippen LogP contribution in [0, 0.1) is 6.92 Å². The van der Waals surface area contributed by atoms with E-state index in [9.17, 15) is 4.79 Å². The Kier molecular flexibility index (Phi) is 5.36. The van der Waals surface area contributed by atoms with Crippen molar-refractivity contribution >= 4 is 22.9 Å². The second-order valence-corrected chi connectivity index (χ2v) is 5.82. The average molecular weight is 304 g/mol. The van der Waals surface area contributed by atoms with Crippen molar-refractivity contribution in [3.8, 4) is 0 Å². The second kappa shape index (κ2) is 7.24. The third-order valence-electron chi connectivity index (χ3n) is 3.32. The molecule has 5 heteroatoms. The third-order valence-corrected chi connectivity index (χ3v) is 4.37. The molecule has 1 aromatic heterocycles. The molecule has 21 heavy (non-hydrogen) atoms. The van der Waals surface area contributed by atoms with Crippen molar-refractivity contribution in [3.63, 3.8) is 0 Å². The van der Waals surface area contributed by atoms with E-state index in [2.05, 4.69) is 29.0 Å². The number of thiophene rings is 1. The summed E-state index contributed by atoms with van der Waals surface area (Å²) in [5.41, 5.74) is 2.50. The first-order chi connectivity index (χ1) is 10.1. The molecule has 3 N–H and O–H groups in total. The predicted molar refractivity (Wildman–Crippen MR) is 87.0 cm³/mol. The fraction of sp³-hybridized carbons (Fsp3) is 0.312. The SMILES string of the molecule is Cc1c(NC(C)c2cccs2)cccc1C(=O)NCCO. The van der Waals surface area contributed by atoms with Crippen LogP contribution in [0.3, 0.4) is 0 Å². The molecule has 4 nitrogen and oxygen atoms in total. The van der Waals surface area contributed by atoms with Gasteiger partial charge in [-0.25, -0.2) is 0 Å². The van der Waals surface area contributed by atoms with E-state index in [-0.39, 0.29) is 25.1 Å². The lowest BCUT2D eigenvalue weighted by Gasteiger charge is -2.17. The molecule has 0 saturated carbocycles. The highest BCUT2D eigenvalue weighted by Gasteiger charge is 2.13. The Morgan fingerprint density at radius 1 is 1.33 bits per heavy atom. The van der Waals surface area contributed by atoms with Crippen LogP contribution in [-0.2, 0) is 0 Å². The summed E-state index contributed by atoms with van der Waals surface area (Å²) in [6, 6.07) is 9.95. The number of nitrogens with one attached hydrogen (secondary N) is 2. The van der Waals surface area contributed by atoms with Gasteiger partial charge in [-0.15, -0.1) is 11.3 Å². The van der Waals surface area contributed by atoms with E-state index in [4.69, 9.17) is 5.11 Å². The van der Waals surface area contributed by atoms with Crippen LogP contribution < -0.4 is 10.6 Å². The van der Waals surface area contributed by atoms with E-state index >= 15 is 0 Å². The zero-order chi connectivity index (χ0) is 15.2. The number of rotatable bonds is 6. The molecule has 1 aromatic carbocycles. The molecule has 1 unspecified atom stereocenters. The van der Waals surface area contributed by atoms with E-state index in [0.29, 0.717) is 5.56 Å². The first-order valence-corrected chi connectivity index (χ1v) is 7.80. The van der Waals surface area contributed by atoms with Crippen molar-refractivity contribution in [3.05, 3.63) is 51.7 Å². The molecule has 1 heterocycles. The van der Waals surface area contributed by atoms with E-state index in [1.54, 1.807) is 17.4 Å². The largest absolute Gasteiger partial charge is 0.395 e. The van der Waals surface area contributed by atoms with Crippen LogP contribution in [0.4, 0.5) is 5.69 Å². The summed E-state index contributed by atoms with van der Waals surface area (Å²) < 4.78 is 0. The van der Waals surface area contributed by atoms with Gasteiger partial charge in [0.15, 0.2) is 0 Å². The molecule has 0 aliphatic carbocycles. The lowest BCUT2D eigenvalue weighted by molar-refractivity contribution is 0.0944. The number of hydrogen-bond acceptors (Lipinski definition) is 4. The van der Waals surface area contributed by atoms with Crippen LogP contribution in [-0.4, -0.2) is 24.2 Å². The van der Waals surface area contributed by atoms with Gasteiger partial charge < -0.3 is 15.7 Å². The molecule has 2 aromatic rings. The first-order valence-electron chi connectivity index (χ1n) is 6.92. The van der Waals surface area contributed by atoms with Crippen LogP contribution >= 0.6 is 11.3 Å². The lowest BCUT2D eigenvalue weighted by atomic mass is 10.1. The molecule has 0 aliphatic rings. The van der Waals surface area contributed by atoms with Gasteiger partial charge in [0.2, 0.25) is 0 Å². The van der Waals surface area contributed by atoms with Gasteiger partial charge in [-0.3, -0.25) is 4.79 Å². The fourth-order valence-electron chi connectivity index (χ4n) is 2.14. The number of aliphatic hydroxyl groups is 1. The number of carbonyl (C=O) groups is 1. The minimum atomic E-state index is -0.158. The zero-order valence-corrected chi connectivity index (χ0v) is 13.0. The van der Waals surface area contributed by atoms with Gasteiger partial charge in [0.1, 0.15) is 0 Å². The van der Waals surface area contributed by atoms with Crippen molar-refractivity contribution in [2.24, 2.45) is 0 Å². The Labute approximate surface area is 128 Å². The number of hydrogen-bond donors (Lipinski definition) is 3.